The monoisotopic (exact) mass is 807 g/mol. The van der Waals surface area contributed by atoms with Crippen LogP contribution in [0.15, 0.2) is 85.1 Å². The van der Waals surface area contributed by atoms with E-state index in [9.17, 15) is 14.4 Å². The zero-order valence-corrected chi connectivity index (χ0v) is 37.5. The first kappa shape index (κ1) is 54.6. The molecular formula is C52H86O6. The summed E-state index contributed by atoms with van der Waals surface area (Å²) < 4.78 is 16.7. The molecule has 0 aliphatic rings. The van der Waals surface area contributed by atoms with Gasteiger partial charge in [-0.25, -0.2) is 0 Å². The molecule has 0 N–H and O–H groups in total. The van der Waals surface area contributed by atoms with E-state index in [1.165, 1.54) is 19.3 Å². The zero-order chi connectivity index (χ0) is 42.3. The lowest BCUT2D eigenvalue weighted by molar-refractivity contribution is -0.167. The summed E-state index contributed by atoms with van der Waals surface area (Å²) in [7, 11) is 0. The lowest BCUT2D eigenvalue weighted by Crippen LogP contribution is -2.30. The predicted molar refractivity (Wildman–Crippen MR) is 247 cm³/mol. The van der Waals surface area contributed by atoms with Crippen molar-refractivity contribution in [1.29, 1.82) is 0 Å². The van der Waals surface area contributed by atoms with Gasteiger partial charge < -0.3 is 14.2 Å². The number of unbranched alkanes of at least 4 members (excludes halogenated alkanes) is 16. The van der Waals surface area contributed by atoms with Crippen LogP contribution >= 0.6 is 0 Å². The molecule has 0 aliphatic heterocycles. The van der Waals surface area contributed by atoms with Crippen LogP contribution in [0.1, 0.15) is 207 Å². The molecule has 0 aliphatic carbocycles. The summed E-state index contributed by atoms with van der Waals surface area (Å²) in [6.45, 7) is 6.34. The summed E-state index contributed by atoms with van der Waals surface area (Å²) >= 11 is 0. The summed E-state index contributed by atoms with van der Waals surface area (Å²) in [6.07, 6.45) is 58.5. The Kier molecular flexibility index (Phi) is 43.6. The van der Waals surface area contributed by atoms with Crippen LogP contribution in [0.3, 0.4) is 0 Å². The van der Waals surface area contributed by atoms with Crippen molar-refractivity contribution < 1.29 is 28.6 Å². The van der Waals surface area contributed by atoms with Crippen molar-refractivity contribution in [3.05, 3.63) is 85.1 Å². The number of hydrogen-bond acceptors (Lipinski definition) is 6. The first-order chi connectivity index (χ1) is 28.5. The summed E-state index contributed by atoms with van der Waals surface area (Å²) in [5, 5.41) is 0. The maximum Gasteiger partial charge on any atom is 0.306 e. The van der Waals surface area contributed by atoms with Crippen molar-refractivity contribution in [2.75, 3.05) is 13.2 Å². The van der Waals surface area contributed by atoms with Crippen LogP contribution in [0.2, 0.25) is 0 Å². The number of carbonyl (C=O) groups excluding carboxylic acids is 3. The fourth-order valence-electron chi connectivity index (χ4n) is 6.06. The number of ether oxygens (including phenoxy) is 3. The third-order valence-corrected chi connectivity index (χ3v) is 9.57. The molecule has 0 aromatic carbocycles. The highest BCUT2D eigenvalue weighted by atomic mass is 16.6. The van der Waals surface area contributed by atoms with Crippen molar-refractivity contribution in [3.63, 3.8) is 0 Å². The van der Waals surface area contributed by atoms with Gasteiger partial charge in [0.25, 0.3) is 0 Å². The number of hydrogen-bond donors (Lipinski definition) is 0. The quantitative estimate of drug-likeness (QED) is 0.0265. The molecular weight excluding hydrogens is 721 g/mol. The molecule has 6 heteroatoms. The molecule has 0 amide bonds. The Hall–Kier alpha value is -3.41. The van der Waals surface area contributed by atoms with Crippen LogP contribution in [0.4, 0.5) is 0 Å². The van der Waals surface area contributed by atoms with Crippen molar-refractivity contribution in [1.82, 2.24) is 0 Å². The van der Waals surface area contributed by atoms with Gasteiger partial charge in [0.1, 0.15) is 13.2 Å². The summed E-state index contributed by atoms with van der Waals surface area (Å²) in [6, 6.07) is 0. The molecule has 0 heterocycles. The predicted octanol–water partition coefficient (Wildman–Crippen LogP) is 15.3. The van der Waals surface area contributed by atoms with Crippen molar-refractivity contribution in [2.24, 2.45) is 0 Å². The molecule has 0 saturated carbocycles. The van der Waals surface area contributed by atoms with E-state index in [2.05, 4.69) is 106 Å². The number of allylic oxidation sites excluding steroid dienone is 14. The zero-order valence-electron chi connectivity index (χ0n) is 37.5. The Balaban J connectivity index is 4.44. The van der Waals surface area contributed by atoms with E-state index in [4.69, 9.17) is 14.2 Å². The molecule has 0 rings (SSSR count). The first-order valence-corrected chi connectivity index (χ1v) is 23.6. The highest BCUT2D eigenvalue weighted by Gasteiger charge is 2.19. The molecule has 0 spiro atoms. The fourth-order valence-corrected chi connectivity index (χ4v) is 6.06. The molecule has 0 aromatic rings. The molecule has 0 radical (unpaired) electrons. The first-order valence-electron chi connectivity index (χ1n) is 23.6. The van der Waals surface area contributed by atoms with Crippen molar-refractivity contribution in [3.8, 4) is 0 Å². The summed E-state index contributed by atoms with van der Waals surface area (Å²) in [5.74, 6) is -0.952. The van der Waals surface area contributed by atoms with Gasteiger partial charge in [-0.15, -0.1) is 0 Å². The third kappa shape index (κ3) is 43.7. The molecule has 1 unspecified atom stereocenters. The minimum atomic E-state index is -0.796. The van der Waals surface area contributed by atoms with E-state index < -0.39 is 6.10 Å². The Bertz CT molecular complexity index is 1160. The van der Waals surface area contributed by atoms with Gasteiger partial charge in [0, 0.05) is 19.3 Å². The van der Waals surface area contributed by atoms with Gasteiger partial charge in [-0.1, -0.05) is 170 Å². The van der Waals surface area contributed by atoms with E-state index in [1.807, 2.05) is 0 Å². The average molecular weight is 807 g/mol. The van der Waals surface area contributed by atoms with Gasteiger partial charge in [0.2, 0.25) is 0 Å². The Morgan fingerprint density at radius 1 is 0.362 bits per heavy atom. The van der Waals surface area contributed by atoms with Gasteiger partial charge in [0.15, 0.2) is 6.10 Å². The molecule has 1 atom stereocenters. The Morgan fingerprint density at radius 2 is 0.672 bits per heavy atom. The maximum absolute atomic E-state index is 12.7. The van der Waals surface area contributed by atoms with Gasteiger partial charge in [0.05, 0.1) is 0 Å². The molecule has 58 heavy (non-hydrogen) atoms. The van der Waals surface area contributed by atoms with Crippen LogP contribution < -0.4 is 0 Å². The van der Waals surface area contributed by atoms with E-state index in [-0.39, 0.29) is 31.1 Å². The SMILES string of the molecule is CC/C=C\C/C=C\C/C=C\C/C=C\CCCCCCC(=O)OCC(COC(=O)CCCCCCC/C=C\CCC)OC(=O)CCCCCCC/C=C\C/C=C\CCC. The summed E-state index contributed by atoms with van der Waals surface area (Å²) in [5.41, 5.74) is 0. The maximum atomic E-state index is 12.7. The van der Waals surface area contributed by atoms with Crippen LogP contribution in [0, 0.1) is 0 Å². The smallest absolute Gasteiger partial charge is 0.306 e. The second-order valence-electron chi connectivity index (χ2n) is 15.3. The van der Waals surface area contributed by atoms with Gasteiger partial charge in [-0.3, -0.25) is 14.4 Å². The van der Waals surface area contributed by atoms with Crippen LogP contribution in [-0.2, 0) is 28.6 Å². The van der Waals surface area contributed by atoms with E-state index in [0.717, 1.165) is 148 Å². The Morgan fingerprint density at radius 3 is 1.09 bits per heavy atom. The van der Waals surface area contributed by atoms with Crippen molar-refractivity contribution >= 4 is 17.9 Å². The second-order valence-corrected chi connectivity index (χ2v) is 15.3. The Labute approximate surface area is 356 Å². The van der Waals surface area contributed by atoms with E-state index in [0.29, 0.717) is 19.3 Å². The van der Waals surface area contributed by atoms with Crippen molar-refractivity contribution in [2.45, 2.75) is 213 Å². The topological polar surface area (TPSA) is 78.9 Å². The number of carbonyl (C=O) groups is 3. The minimum absolute atomic E-state index is 0.0961. The van der Waals surface area contributed by atoms with Crippen LogP contribution in [-0.4, -0.2) is 37.2 Å². The number of rotatable bonds is 41. The second kappa shape index (κ2) is 46.3. The molecule has 330 valence electrons. The largest absolute Gasteiger partial charge is 0.462 e. The fraction of sp³-hybridized carbons (Fsp3) is 0.673. The highest BCUT2D eigenvalue weighted by Crippen LogP contribution is 2.13. The standard InChI is InChI=1S/C52H86O6/c1-4-7-10-13-16-19-22-24-25-26-27-29-30-33-36-39-42-45-51(54)57-48-49(47-56-50(53)44-41-38-35-32-21-18-15-12-9-6-3)58-52(55)46-43-40-37-34-31-28-23-20-17-14-11-8-5-2/h7,10-12,14-16,19-20,23-25,27,29,49H,4-6,8-9,13,17-18,21-22,26,28,30-48H2,1-3H3/b10-7-,14-11-,15-12-,19-16-,23-20-,25-24-,29-27-. The van der Waals surface area contributed by atoms with Crippen LogP contribution in [0.5, 0.6) is 0 Å². The lowest BCUT2D eigenvalue weighted by atomic mass is 10.1. The van der Waals surface area contributed by atoms with Gasteiger partial charge >= 0.3 is 17.9 Å². The van der Waals surface area contributed by atoms with E-state index in [1.54, 1.807) is 0 Å². The molecule has 0 aromatic heterocycles. The molecule has 0 saturated heterocycles. The number of esters is 3. The van der Waals surface area contributed by atoms with Gasteiger partial charge in [-0.2, -0.15) is 0 Å². The lowest BCUT2D eigenvalue weighted by Gasteiger charge is -2.18. The average Bonchev–Trinajstić information content (AvgIpc) is 3.22. The third-order valence-electron chi connectivity index (χ3n) is 9.57. The highest BCUT2D eigenvalue weighted by molar-refractivity contribution is 5.71. The minimum Gasteiger partial charge on any atom is -0.462 e. The summed E-state index contributed by atoms with van der Waals surface area (Å²) in [4.78, 5) is 37.8. The van der Waals surface area contributed by atoms with E-state index >= 15 is 0 Å². The van der Waals surface area contributed by atoms with Crippen LogP contribution in [0.25, 0.3) is 0 Å². The normalized spacial score (nSPS) is 12.8. The molecule has 0 fully saturated rings. The molecule has 6 nitrogen and oxygen atoms in total. The molecule has 0 bridgehead atoms. The van der Waals surface area contributed by atoms with Gasteiger partial charge in [-0.05, 0) is 103 Å².